The van der Waals surface area contributed by atoms with Crippen LogP contribution in [0.5, 0.6) is 0 Å². The van der Waals surface area contributed by atoms with Crippen LogP contribution in [-0.2, 0) is 4.79 Å². The van der Waals surface area contributed by atoms with Crippen LogP contribution in [0.25, 0.3) is 90.9 Å². The number of nitrogens with zero attached hydrogens (tertiary/aromatic N) is 2. The van der Waals surface area contributed by atoms with E-state index < -0.39 is 5.38 Å². The SMILES string of the molecule is CC(Cl)C(=O)Nc1ccc(-c2c3nc(c(-c4ccc(N)cc4)c4ccc([nH]4)c(-c4ccccc4)c4nc(c(-c5ccccc5)c5ccc2[nH]5)C=C4)C=C3)cc1. The van der Waals surface area contributed by atoms with E-state index in [1.54, 1.807) is 6.92 Å². The number of aromatic amines is 2. The summed E-state index contributed by atoms with van der Waals surface area (Å²) in [6, 6.07) is 44.8. The van der Waals surface area contributed by atoms with E-state index in [0.717, 1.165) is 89.4 Å². The Balaban J connectivity index is 1.40. The third-order valence-electron chi connectivity index (χ3n) is 9.88. The Morgan fingerprint density at radius 2 is 0.873 bits per heavy atom. The molecule has 0 saturated heterocycles. The van der Waals surface area contributed by atoms with E-state index in [1.165, 1.54) is 0 Å². The number of carbonyl (C=O) groups excluding carboxylic acids is 1. The Morgan fingerprint density at radius 1 is 0.527 bits per heavy atom. The highest BCUT2D eigenvalue weighted by molar-refractivity contribution is 6.32. The monoisotopic (exact) mass is 734 g/mol. The van der Waals surface area contributed by atoms with Crippen LogP contribution in [0.1, 0.15) is 29.7 Å². The summed E-state index contributed by atoms with van der Waals surface area (Å²) in [7, 11) is 0. The van der Waals surface area contributed by atoms with E-state index in [4.69, 9.17) is 27.3 Å². The second-order valence-electron chi connectivity index (χ2n) is 13.5. The van der Waals surface area contributed by atoms with Crippen LogP contribution in [0.2, 0.25) is 0 Å². The summed E-state index contributed by atoms with van der Waals surface area (Å²) >= 11 is 6.05. The van der Waals surface area contributed by atoms with Gasteiger partial charge in [0.05, 0.1) is 22.8 Å². The van der Waals surface area contributed by atoms with Crippen LogP contribution in [0, 0.1) is 0 Å². The van der Waals surface area contributed by atoms with Crippen molar-refractivity contribution in [2.75, 3.05) is 11.1 Å². The lowest BCUT2D eigenvalue weighted by Gasteiger charge is -2.09. The average Bonchev–Trinajstić information content (AvgIpc) is 4.05. The van der Waals surface area contributed by atoms with Crippen molar-refractivity contribution in [1.82, 2.24) is 19.9 Å². The van der Waals surface area contributed by atoms with E-state index in [-0.39, 0.29) is 5.91 Å². The number of hydrogen-bond acceptors (Lipinski definition) is 4. The summed E-state index contributed by atoms with van der Waals surface area (Å²) in [6.45, 7) is 1.65. The minimum Gasteiger partial charge on any atom is -0.399 e. The summed E-state index contributed by atoms with van der Waals surface area (Å²) in [4.78, 5) is 30.6. The first kappa shape index (κ1) is 33.8. The zero-order valence-corrected chi connectivity index (χ0v) is 30.6. The molecule has 2 aliphatic heterocycles. The molecule has 0 fully saturated rings. The number of nitrogens with one attached hydrogen (secondary N) is 3. The molecule has 1 amide bonds. The molecular formula is C47H35ClN6O. The molecule has 0 radical (unpaired) electrons. The first-order valence-corrected chi connectivity index (χ1v) is 18.5. The smallest absolute Gasteiger partial charge is 0.242 e. The zero-order valence-electron chi connectivity index (χ0n) is 29.8. The maximum atomic E-state index is 12.4. The van der Waals surface area contributed by atoms with E-state index in [2.05, 4.69) is 100 Å². The zero-order chi connectivity index (χ0) is 37.5. The molecule has 266 valence electrons. The number of H-pyrrole nitrogens is 2. The minimum atomic E-state index is -0.653. The largest absolute Gasteiger partial charge is 0.399 e. The highest BCUT2D eigenvalue weighted by Gasteiger charge is 2.19. The summed E-state index contributed by atoms with van der Waals surface area (Å²) in [5.74, 6) is -0.261. The number of benzene rings is 4. The van der Waals surface area contributed by atoms with Crippen LogP contribution in [0.3, 0.4) is 0 Å². The fraction of sp³-hybridized carbons (Fsp3) is 0.0426. The second kappa shape index (κ2) is 14.1. The molecule has 8 heteroatoms. The van der Waals surface area contributed by atoms with Gasteiger partial charge in [0, 0.05) is 55.7 Å². The Morgan fingerprint density at radius 3 is 1.24 bits per heavy atom. The number of nitrogen functional groups attached to an aromatic ring is 1. The number of amides is 1. The standard InChI is InChI=1S/C47H35ClN6O/c1-28(48)47(55)50-34-18-14-32(15-19-34)46-41-25-23-38(53-41)44(30-10-6-3-7-11-30)36-21-20-35(51-36)43(29-8-4-2-5-9-29)37-22-24-39(52-37)45(40-26-27-42(46)54-40)31-12-16-33(49)17-13-31/h2-28,52-53H,49H2,1H3,(H,50,55). The minimum absolute atomic E-state index is 0.261. The molecule has 8 bridgehead atoms. The molecule has 7 aromatic rings. The number of rotatable bonds is 6. The van der Waals surface area contributed by atoms with Gasteiger partial charge in [0.25, 0.3) is 0 Å². The lowest BCUT2D eigenvalue weighted by molar-refractivity contribution is -0.115. The molecule has 0 aliphatic carbocycles. The lowest BCUT2D eigenvalue weighted by Crippen LogP contribution is -2.20. The molecule has 0 saturated carbocycles. The topological polar surface area (TPSA) is 112 Å². The predicted molar refractivity (Wildman–Crippen MR) is 229 cm³/mol. The summed E-state index contributed by atoms with van der Waals surface area (Å²) in [5.41, 5.74) is 22.2. The number of anilines is 2. The third kappa shape index (κ3) is 6.51. The van der Waals surface area contributed by atoms with Gasteiger partial charge in [-0.2, -0.15) is 0 Å². The van der Waals surface area contributed by atoms with Gasteiger partial charge < -0.3 is 21.0 Å². The van der Waals surface area contributed by atoms with Crippen molar-refractivity contribution in [3.8, 4) is 44.5 Å². The van der Waals surface area contributed by atoms with Gasteiger partial charge in [0.1, 0.15) is 5.38 Å². The molecular weight excluding hydrogens is 700 g/mol. The molecule has 7 nitrogen and oxygen atoms in total. The van der Waals surface area contributed by atoms with Crippen molar-refractivity contribution >= 4 is 75.3 Å². The molecule has 5 N–H and O–H groups in total. The number of nitrogens with two attached hydrogens (primary N) is 1. The fourth-order valence-electron chi connectivity index (χ4n) is 7.24. The third-order valence-corrected chi connectivity index (χ3v) is 10.1. The quantitative estimate of drug-likeness (QED) is 0.101. The Kier molecular flexibility index (Phi) is 8.69. The lowest BCUT2D eigenvalue weighted by atomic mass is 10.0. The first-order chi connectivity index (χ1) is 26.9. The van der Waals surface area contributed by atoms with Crippen molar-refractivity contribution in [3.05, 3.63) is 156 Å². The van der Waals surface area contributed by atoms with Gasteiger partial charge in [0.15, 0.2) is 0 Å². The molecule has 1 unspecified atom stereocenters. The highest BCUT2D eigenvalue weighted by Crippen LogP contribution is 2.38. The van der Waals surface area contributed by atoms with Gasteiger partial charge in [0.2, 0.25) is 5.91 Å². The number of aromatic nitrogens is 4. The van der Waals surface area contributed by atoms with Gasteiger partial charge in [-0.15, -0.1) is 11.6 Å². The predicted octanol–water partition coefficient (Wildman–Crippen LogP) is 11.5. The molecule has 2 aliphatic rings. The molecule has 9 rings (SSSR count). The Bertz CT molecular complexity index is 2820. The normalized spacial score (nSPS) is 12.5. The van der Waals surface area contributed by atoms with Gasteiger partial charge >= 0.3 is 0 Å². The van der Waals surface area contributed by atoms with Gasteiger partial charge in [-0.3, -0.25) is 4.79 Å². The first-order valence-electron chi connectivity index (χ1n) is 18.1. The molecule has 3 aromatic heterocycles. The van der Waals surface area contributed by atoms with E-state index >= 15 is 0 Å². The summed E-state index contributed by atoms with van der Waals surface area (Å²) < 4.78 is 0. The van der Waals surface area contributed by atoms with Crippen molar-refractivity contribution in [1.29, 1.82) is 0 Å². The van der Waals surface area contributed by atoms with Gasteiger partial charge in [-0.25, -0.2) is 9.97 Å². The summed E-state index contributed by atoms with van der Waals surface area (Å²) in [6.07, 6.45) is 8.32. The number of hydrogen-bond donors (Lipinski definition) is 4. The Labute approximate surface area is 322 Å². The van der Waals surface area contributed by atoms with Gasteiger partial charge in [-0.1, -0.05) is 84.9 Å². The molecule has 5 heterocycles. The molecule has 1 atom stereocenters. The van der Waals surface area contributed by atoms with Crippen LogP contribution < -0.4 is 11.1 Å². The van der Waals surface area contributed by atoms with Crippen LogP contribution in [-0.4, -0.2) is 31.2 Å². The molecule has 55 heavy (non-hydrogen) atoms. The fourth-order valence-corrected chi connectivity index (χ4v) is 7.30. The van der Waals surface area contributed by atoms with Crippen LogP contribution in [0.15, 0.2) is 133 Å². The number of alkyl halides is 1. The summed E-state index contributed by atoms with van der Waals surface area (Å²) in [5, 5.41) is 2.23. The molecule has 4 aromatic carbocycles. The number of carbonyl (C=O) groups is 1. The number of halogens is 1. The van der Waals surface area contributed by atoms with Crippen LogP contribution in [0.4, 0.5) is 11.4 Å². The van der Waals surface area contributed by atoms with E-state index in [1.807, 2.05) is 72.8 Å². The van der Waals surface area contributed by atoms with Crippen LogP contribution >= 0.6 is 11.6 Å². The van der Waals surface area contributed by atoms with E-state index in [0.29, 0.717) is 11.4 Å². The average molecular weight is 735 g/mol. The maximum absolute atomic E-state index is 12.4. The maximum Gasteiger partial charge on any atom is 0.242 e. The van der Waals surface area contributed by atoms with Crippen molar-refractivity contribution in [2.45, 2.75) is 12.3 Å². The Hall–Kier alpha value is -6.96. The number of fused-ring (bicyclic) bond motifs is 8. The highest BCUT2D eigenvalue weighted by atomic mass is 35.5. The van der Waals surface area contributed by atoms with E-state index in [9.17, 15) is 4.79 Å². The van der Waals surface area contributed by atoms with Crippen molar-refractivity contribution in [2.24, 2.45) is 0 Å². The second-order valence-corrected chi connectivity index (χ2v) is 14.2. The van der Waals surface area contributed by atoms with Gasteiger partial charge in [-0.05, 0) is 102 Å². The van der Waals surface area contributed by atoms with Crippen molar-refractivity contribution in [3.63, 3.8) is 0 Å². The van der Waals surface area contributed by atoms with Crippen molar-refractivity contribution < 1.29 is 4.79 Å². The molecule has 0 spiro atoms.